The minimum Gasteiger partial charge on any atom is -0.483 e. The molecule has 1 aromatic heterocycles. The van der Waals surface area contributed by atoms with E-state index in [1.807, 2.05) is 12.1 Å². The number of hydrogen-bond donors (Lipinski definition) is 2. The lowest BCUT2D eigenvalue weighted by atomic mass is 9.87. The summed E-state index contributed by atoms with van der Waals surface area (Å²) in [7, 11) is 0. The molecule has 0 saturated heterocycles. The van der Waals surface area contributed by atoms with Crippen LogP contribution in [0.15, 0.2) is 45.5 Å². The van der Waals surface area contributed by atoms with Gasteiger partial charge in [0.05, 0.1) is 10.7 Å². The number of hydrazine groups is 1. The third-order valence-corrected chi connectivity index (χ3v) is 3.84. The molecule has 0 aliphatic rings. The lowest BCUT2D eigenvalue weighted by Crippen LogP contribution is -2.43. The number of carbonyl (C=O) groups excluding carboxylic acids is 2. The van der Waals surface area contributed by atoms with Crippen molar-refractivity contribution in [2.24, 2.45) is 0 Å². The van der Waals surface area contributed by atoms with Crippen LogP contribution in [0, 0.1) is 0 Å². The Morgan fingerprint density at radius 3 is 2.54 bits per heavy atom. The molecule has 0 saturated carbocycles. The number of furan rings is 1. The second-order valence-electron chi connectivity index (χ2n) is 6.16. The molecule has 1 aromatic carbocycles. The highest BCUT2D eigenvalue weighted by molar-refractivity contribution is 9.10. The summed E-state index contributed by atoms with van der Waals surface area (Å²) >= 11 is 3.44. The van der Waals surface area contributed by atoms with Crippen molar-refractivity contribution in [2.75, 3.05) is 6.61 Å². The second kappa shape index (κ2) is 7.53. The third-order valence-electron chi connectivity index (χ3n) is 3.22. The quantitative estimate of drug-likeness (QED) is 0.780. The molecule has 128 valence electrons. The van der Waals surface area contributed by atoms with Gasteiger partial charge in [0.2, 0.25) is 0 Å². The van der Waals surface area contributed by atoms with E-state index in [-0.39, 0.29) is 17.8 Å². The molecule has 1 heterocycles. The summed E-state index contributed by atoms with van der Waals surface area (Å²) in [5.74, 6) is -0.363. The molecule has 2 rings (SSSR count). The van der Waals surface area contributed by atoms with Crippen LogP contribution in [0.2, 0.25) is 0 Å². The van der Waals surface area contributed by atoms with Crippen molar-refractivity contribution in [1.82, 2.24) is 10.9 Å². The number of ether oxygens (including phenoxy) is 1. The first-order chi connectivity index (χ1) is 11.3. The van der Waals surface area contributed by atoms with E-state index in [0.29, 0.717) is 5.75 Å². The van der Waals surface area contributed by atoms with Gasteiger partial charge in [-0.25, -0.2) is 0 Å². The molecular formula is C17H19BrN2O4. The summed E-state index contributed by atoms with van der Waals surface area (Å²) < 4.78 is 11.1. The predicted octanol–water partition coefficient (Wildman–Crippen LogP) is 3.18. The molecule has 0 aliphatic heterocycles. The van der Waals surface area contributed by atoms with E-state index in [1.54, 1.807) is 12.1 Å². The van der Waals surface area contributed by atoms with Gasteiger partial charge in [0, 0.05) is 0 Å². The minimum atomic E-state index is -0.538. The maximum absolute atomic E-state index is 11.7. The van der Waals surface area contributed by atoms with E-state index in [2.05, 4.69) is 47.6 Å². The van der Waals surface area contributed by atoms with Gasteiger partial charge in [-0.2, -0.15) is 0 Å². The number of benzene rings is 1. The Bertz CT molecular complexity index is 721. The SMILES string of the molecule is CC(C)(C)c1ccc(OCC(=O)NNC(=O)c2ccco2)c(Br)c1. The lowest BCUT2D eigenvalue weighted by Gasteiger charge is -2.20. The predicted molar refractivity (Wildman–Crippen MR) is 92.7 cm³/mol. The molecule has 0 radical (unpaired) electrons. The first-order valence-corrected chi connectivity index (χ1v) is 8.12. The van der Waals surface area contributed by atoms with E-state index in [4.69, 9.17) is 9.15 Å². The number of carbonyl (C=O) groups is 2. The standard InChI is InChI=1S/C17H19BrN2O4/c1-17(2,3)11-6-7-13(12(18)9-11)24-10-15(21)19-20-16(22)14-5-4-8-23-14/h4-9H,10H2,1-3H3,(H,19,21)(H,20,22). The Kier molecular flexibility index (Phi) is 5.66. The molecule has 7 heteroatoms. The Morgan fingerprint density at radius 1 is 1.21 bits per heavy atom. The largest absolute Gasteiger partial charge is 0.483 e. The van der Waals surface area contributed by atoms with Crippen LogP contribution < -0.4 is 15.6 Å². The van der Waals surface area contributed by atoms with Crippen molar-refractivity contribution < 1.29 is 18.7 Å². The Hall–Kier alpha value is -2.28. The number of amides is 2. The lowest BCUT2D eigenvalue weighted by molar-refractivity contribution is -0.123. The summed E-state index contributed by atoms with van der Waals surface area (Å²) in [6.45, 7) is 6.12. The number of halogens is 1. The van der Waals surface area contributed by atoms with Crippen LogP contribution in [0.5, 0.6) is 5.75 Å². The van der Waals surface area contributed by atoms with Gasteiger partial charge in [0.25, 0.3) is 5.91 Å². The molecule has 0 bridgehead atoms. The Balaban J connectivity index is 1.84. The molecule has 6 nitrogen and oxygen atoms in total. The molecule has 24 heavy (non-hydrogen) atoms. The van der Waals surface area contributed by atoms with Gasteiger partial charge in [0.1, 0.15) is 5.75 Å². The van der Waals surface area contributed by atoms with Gasteiger partial charge < -0.3 is 9.15 Å². The maximum atomic E-state index is 11.7. The number of rotatable bonds is 4. The van der Waals surface area contributed by atoms with Crippen molar-refractivity contribution in [3.63, 3.8) is 0 Å². The van der Waals surface area contributed by atoms with E-state index in [9.17, 15) is 9.59 Å². The van der Waals surface area contributed by atoms with Crippen molar-refractivity contribution in [3.05, 3.63) is 52.4 Å². The maximum Gasteiger partial charge on any atom is 0.305 e. The highest BCUT2D eigenvalue weighted by Gasteiger charge is 2.16. The van der Waals surface area contributed by atoms with Gasteiger partial charge >= 0.3 is 5.91 Å². The second-order valence-corrected chi connectivity index (χ2v) is 7.02. The van der Waals surface area contributed by atoms with Crippen LogP contribution >= 0.6 is 15.9 Å². The molecule has 2 aromatic rings. The van der Waals surface area contributed by atoms with Gasteiger partial charge in [-0.15, -0.1) is 0 Å². The smallest absolute Gasteiger partial charge is 0.305 e. The molecule has 2 amide bonds. The fraction of sp³-hybridized carbons (Fsp3) is 0.294. The highest BCUT2D eigenvalue weighted by atomic mass is 79.9. The fourth-order valence-corrected chi connectivity index (χ4v) is 2.35. The molecule has 0 aliphatic carbocycles. The van der Waals surface area contributed by atoms with Crippen molar-refractivity contribution in [1.29, 1.82) is 0 Å². The first kappa shape index (κ1) is 18.1. The average Bonchev–Trinajstić information content (AvgIpc) is 3.04. The van der Waals surface area contributed by atoms with Crippen LogP contribution in [0.3, 0.4) is 0 Å². The van der Waals surface area contributed by atoms with Crippen molar-refractivity contribution >= 4 is 27.7 Å². The van der Waals surface area contributed by atoms with Crippen LogP contribution in [0.25, 0.3) is 0 Å². The van der Waals surface area contributed by atoms with Crippen molar-refractivity contribution in [3.8, 4) is 5.75 Å². The number of nitrogens with one attached hydrogen (secondary N) is 2. The zero-order chi connectivity index (χ0) is 17.7. The summed E-state index contributed by atoms with van der Waals surface area (Å²) in [5.41, 5.74) is 5.67. The van der Waals surface area contributed by atoms with E-state index in [0.717, 1.165) is 10.0 Å². The van der Waals surface area contributed by atoms with E-state index < -0.39 is 11.8 Å². The van der Waals surface area contributed by atoms with Gasteiger partial charge in [-0.3, -0.25) is 20.4 Å². The van der Waals surface area contributed by atoms with Gasteiger partial charge in [-0.1, -0.05) is 26.8 Å². The summed E-state index contributed by atoms with van der Waals surface area (Å²) in [6, 6.07) is 8.80. The normalized spacial score (nSPS) is 11.0. The fourth-order valence-electron chi connectivity index (χ4n) is 1.86. The van der Waals surface area contributed by atoms with E-state index >= 15 is 0 Å². The van der Waals surface area contributed by atoms with Crippen LogP contribution in [-0.4, -0.2) is 18.4 Å². The zero-order valence-electron chi connectivity index (χ0n) is 13.7. The molecule has 0 fully saturated rings. The summed E-state index contributed by atoms with van der Waals surface area (Å²) in [6.07, 6.45) is 1.37. The molecule has 0 spiro atoms. The Labute approximate surface area is 148 Å². The number of hydrogen-bond acceptors (Lipinski definition) is 4. The van der Waals surface area contributed by atoms with Crippen LogP contribution in [0.4, 0.5) is 0 Å². The third kappa shape index (κ3) is 4.86. The van der Waals surface area contributed by atoms with E-state index in [1.165, 1.54) is 12.3 Å². The highest BCUT2D eigenvalue weighted by Crippen LogP contribution is 2.31. The monoisotopic (exact) mass is 394 g/mol. The summed E-state index contributed by atoms with van der Waals surface area (Å²) in [4.78, 5) is 23.3. The molecule has 0 unspecified atom stereocenters. The average molecular weight is 395 g/mol. The zero-order valence-corrected chi connectivity index (χ0v) is 15.3. The summed E-state index contributed by atoms with van der Waals surface area (Å²) in [5, 5.41) is 0. The molecular weight excluding hydrogens is 376 g/mol. The minimum absolute atomic E-state index is 0.0224. The molecule has 0 atom stereocenters. The van der Waals surface area contributed by atoms with Crippen LogP contribution in [0.1, 0.15) is 36.9 Å². The first-order valence-electron chi connectivity index (χ1n) is 7.33. The Morgan fingerprint density at radius 2 is 1.96 bits per heavy atom. The van der Waals surface area contributed by atoms with Gasteiger partial charge in [-0.05, 0) is 51.2 Å². The molecule has 2 N–H and O–H groups in total. The van der Waals surface area contributed by atoms with Gasteiger partial charge in [0.15, 0.2) is 12.4 Å². The topological polar surface area (TPSA) is 80.6 Å². The van der Waals surface area contributed by atoms with Crippen LogP contribution in [-0.2, 0) is 10.2 Å². The van der Waals surface area contributed by atoms with Crippen molar-refractivity contribution in [2.45, 2.75) is 26.2 Å².